The number of aromatic nitrogens is 2. The quantitative estimate of drug-likeness (QED) is 0.875. The molecule has 1 aromatic rings. The lowest BCUT2D eigenvalue weighted by molar-refractivity contribution is -0.0770. The van der Waals surface area contributed by atoms with E-state index in [-0.39, 0.29) is 5.60 Å². The van der Waals surface area contributed by atoms with E-state index in [9.17, 15) is 0 Å². The van der Waals surface area contributed by atoms with Gasteiger partial charge in [-0.3, -0.25) is 0 Å². The van der Waals surface area contributed by atoms with E-state index in [0.29, 0.717) is 17.8 Å². The van der Waals surface area contributed by atoms with Gasteiger partial charge in [-0.05, 0) is 32.1 Å². The Kier molecular flexibility index (Phi) is 3.66. The Morgan fingerprint density at radius 1 is 1.41 bits per heavy atom. The van der Waals surface area contributed by atoms with Gasteiger partial charge in [-0.25, -0.2) is 0 Å². The molecule has 1 atom stereocenters. The van der Waals surface area contributed by atoms with Crippen LogP contribution in [0.3, 0.4) is 0 Å². The van der Waals surface area contributed by atoms with E-state index in [4.69, 9.17) is 9.26 Å². The molecule has 1 fully saturated rings. The maximum Gasteiger partial charge on any atom is 0.321 e. The van der Waals surface area contributed by atoms with Crippen molar-refractivity contribution < 1.29 is 9.26 Å². The molecule has 2 heterocycles. The average molecular weight is 239 g/mol. The van der Waals surface area contributed by atoms with Crippen molar-refractivity contribution in [1.82, 2.24) is 10.1 Å². The van der Waals surface area contributed by atoms with Crippen molar-refractivity contribution in [2.45, 2.75) is 45.6 Å². The van der Waals surface area contributed by atoms with E-state index >= 15 is 0 Å². The molecule has 96 valence electrons. The predicted molar refractivity (Wildman–Crippen MR) is 64.8 cm³/mol. The minimum atomic E-state index is -0.375. The van der Waals surface area contributed by atoms with Crippen molar-refractivity contribution in [2.75, 3.05) is 18.5 Å². The molecule has 5 heteroatoms. The summed E-state index contributed by atoms with van der Waals surface area (Å²) in [5.41, 5.74) is -0.375. The van der Waals surface area contributed by atoms with Crippen LogP contribution in [0.25, 0.3) is 0 Å². The smallest absolute Gasteiger partial charge is 0.321 e. The molecule has 1 aliphatic heterocycles. The summed E-state index contributed by atoms with van der Waals surface area (Å²) in [6, 6.07) is 0.490. The molecule has 1 saturated heterocycles. The minimum absolute atomic E-state index is 0.375. The maximum absolute atomic E-state index is 5.78. The zero-order chi connectivity index (χ0) is 12.3. The Morgan fingerprint density at radius 2 is 2.24 bits per heavy atom. The molecule has 0 bridgehead atoms. The zero-order valence-corrected chi connectivity index (χ0v) is 10.8. The van der Waals surface area contributed by atoms with Crippen LogP contribution in [0.1, 0.15) is 45.9 Å². The highest BCUT2D eigenvalue weighted by Crippen LogP contribution is 2.33. The first kappa shape index (κ1) is 12.4. The Bertz CT molecular complexity index is 356. The third-order valence-electron chi connectivity index (χ3n) is 3.03. The van der Waals surface area contributed by atoms with Gasteiger partial charge in [0.05, 0.1) is 0 Å². The fourth-order valence-electron chi connectivity index (χ4n) is 1.91. The van der Waals surface area contributed by atoms with E-state index in [0.717, 1.165) is 32.4 Å². The first-order valence-corrected chi connectivity index (χ1v) is 6.32. The van der Waals surface area contributed by atoms with Crippen molar-refractivity contribution in [1.29, 1.82) is 0 Å². The van der Waals surface area contributed by atoms with E-state index in [1.807, 2.05) is 6.92 Å². The van der Waals surface area contributed by atoms with E-state index < -0.39 is 0 Å². The minimum Gasteiger partial charge on any atom is -0.367 e. The van der Waals surface area contributed by atoms with Crippen molar-refractivity contribution >= 4 is 6.01 Å². The topological polar surface area (TPSA) is 60.2 Å². The lowest BCUT2D eigenvalue weighted by Crippen LogP contribution is -2.31. The summed E-state index contributed by atoms with van der Waals surface area (Å²) in [6.07, 6.45) is 3.22. The summed E-state index contributed by atoms with van der Waals surface area (Å²) in [5, 5.41) is 7.14. The van der Waals surface area contributed by atoms with Gasteiger partial charge in [0.25, 0.3) is 0 Å². The largest absolute Gasteiger partial charge is 0.367 e. The van der Waals surface area contributed by atoms with Crippen LogP contribution in [0.2, 0.25) is 0 Å². The number of rotatable bonds is 4. The summed E-state index contributed by atoms with van der Waals surface area (Å²) < 4.78 is 11.0. The van der Waals surface area contributed by atoms with Crippen LogP contribution in [-0.2, 0) is 10.3 Å². The van der Waals surface area contributed by atoms with Crippen molar-refractivity contribution in [3.8, 4) is 0 Å². The van der Waals surface area contributed by atoms with Crippen LogP contribution in [0.15, 0.2) is 4.52 Å². The second-order valence-corrected chi connectivity index (χ2v) is 5.23. The normalized spacial score (nSPS) is 25.2. The van der Waals surface area contributed by atoms with Crippen molar-refractivity contribution in [2.24, 2.45) is 5.92 Å². The summed E-state index contributed by atoms with van der Waals surface area (Å²) in [5.74, 6) is 1.20. The molecule has 17 heavy (non-hydrogen) atoms. The molecule has 1 aliphatic rings. The lowest BCUT2D eigenvalue weighted by atomic mass is 9.95. The molecule has 0 aliphatic carbocycles. The van der Waals surface area contributed by atoms with Gasteiger partial charge in [-0.1, -0.05) is 19.0 Å². The molecule has 1 unspecified atom stereocenters. The van der Waals surface area contributed by atoms with Crippen molar-refractivity contribution in [3.63, 3.8) is 0 Å². The molecule has 1 N–H and O–H groups in total. The van der Waals surface area contributed by atoms with Gasteiger partial charge in [0.1, 0.15) is 5.60 Å². The molecule has 1 aromatic heterocycles. The molecular formula is C12H21N3O2. The second-order valence-electron chi connectivity index (χ2n) is 5.23. The van der Waals surface area contributed by atoms with E-state index in [1.165, 1.54) is 0 Å². The molecule has 0 aromatic carbocycles. The lowest BCUT2D eigenvalue weighted by Gasteiger charge is -2.30. The Morgan fingerprint density at radius 3 is 2.88 bits per heavy atom. The summed E-state index contributed by atoms with van der Waals surface area (Å²) >= 11 is 0. The monoisotopic (exact) mass is 239 g/mol. The number of ether oxygens (including phenoxy) is 1. The van der Waals surface area contributed by atoms with E-state index in [2.05, 4.69) is 29.3 Å². The fourth-order valence-corrected chi connectivity index (χ4v) is 1.91. The number of nitrogens with zero attached hydrogens (tertiary/aromatic N) is 2. The fraction of sp³-hybridized carbons (Fsp3) is 0.833. The van der Waals surface area contributed by atoms with Gasteiger partial charge in [0.15, 0.2) is 0 Å². The zero-order valence-electron chi connectivity index (χ0n) is 10.8. The third kappa shape index (κ3) is 2.97. The Hall–Kier alpha value is -1.10. The van der Waals surface area contributed by atoms with Gasteiger partial charge in [0.2, 0.25) is 5.82 Å². The average Bonchev–Trinajstić information content (AvgIpc) is 2.76. The van der Waals surface area contributed by atoms with Gasteiger partial charge in [-0.15, -0.1) is 0 Å². The summed E-state index contributed by atoms with van der Waals surface area (Å²) in [7, 11) is 0. The van der Waals surface area contributed by atoms with Crippen LogP contribution >= 0.6 is 0 Å². The van der Waals surface area contributed by atoms with Crippen LogP contribution in [0.4, 0.5) is 6.01 Å². The highest BCUT2D eigenvalue weighted by Gasteiger charge is 2.34. The maximum atomic E-state index is 5.78. The first-order chi connectivity index (χ1) is 8.10. The van der Waals surface area contributed by atoms with E-state index in [1.54, 1.807) is 0 Å². The molecule has 0 radical (unpaired) electrons. The predicted octanol–water partition coefficient (Wildman–Crippen LogP) is 2.55. The Balaban J connectivity index is 2.01. The molecule has 2 rings (SSSR count). The van der Waals surface area contributed by atoms with Gasteiger partial charge < -0.3 is 14.6 Å². The number of hydrogen-bond acceptors (Lipinski definition) is 5. The SMILES string of the molecule is CC(C)CNc1nc(C2(C)CCCCO2)no1. The van der Waals surface area contributed by atoms with Crippen LogP contribution in [0, 0.1) is 5.92 Å². The van der Waals surface area contributed by atoms with Gasteiger partial charge >= 0.3 is 6.01 Å². The van der Waals surface area contributed by atoms with Crippen LogP contribution < -0.4 is 5.32 Å². The number of hydrogen-bond donors (Lipinski definition) is 1. The molecule has 0 saturated carbocycles. The van der Waals surface area contributed by atoms with Crippen LogP contribution in [0.5, 0.6) is 0 Å². The number of nitrogens with one attached hydrogen (secondary N) is 1. The second kappa shape index (κ2) is 5.04. The highest BCUT2D eigenvalue weighted by molar-refractivity contribution is 5.20. The molecule has 0 amide bonds. The van der Waals surface area contributed by atoms with Gasteiger partial charge in [-0.2, -0.15) is 4.98 Å². The standard InChI is InChI=1S/C12H21N3O2/c1-9(2)8-13-11-14-10(15-17-11)12(3)6-4-5-7-16-12/h9H,4-8H2,1-3H3,(H,13,14,15). The molecular weight excluding hydrogens is 218 g/mol. The van der Waals surface area contributed by atoms with Gasteiger partial charge in [0, 0.05) is 13.2 Å². The van der Waals surface area contributed by atoms with Crippen molar-refractivity contribution in [3.05, 3.63) is 5.82 Å². The Labute approximate surface area is 102 Å². The summed E-state index contributed by atoms with van der Waals surface area (Å²) in [4.78, 5) is 4.36. The first-order valence-electron chi connectivity index (χ1n) is 6.32. The third-order valence-corrected chi connectivity index (χ3v) is 3.03. The highest BCUT2D eigenvalue weighted by atomic mass is 16.5. The summed E-state index contributed by atoms with van der Waals surface area (Å²) in [6.45, 7) is 7.91. The molecule has 5 nitrogen and oxygen atoms in total. The van der Waals surface area contributed by atoms with Crippen LogP contribution in [-0.4, -0.2) is 23.3 Å². The number of anilines is 1. The molecule has 0 spiro atoms.